The minimum absolute atomic E-state index is 0.537. The zero-order valence-electron chi connectivity index (χ0n) is 11.9. The second-order valence-electron chi connectivity index (χ2n) is 5.40. The summed E-state index contributed by atoms with van der Waals surface area (Å²) in [6.07, 6.45) is 0.0521. The molecule has 1 unspecified atom stereocenters. The van der Waals surface area contributed by atoms with E-state index in [9.17, 15) is 5.11 Å². The van der Waals surface area contributed by atoms with E-state index in [0.717, 1.165) is 16.7 Å². The van der Waals surface area contributed by atoms with Gasteiger partial charge in [-0.15, -0.1) is 0 Å². The largest absolute Gasteiger partial charge is 0.388 e. The summed E-state index contributed by atoms with van der Waals surface area (Å²) in [7, 11) is 0. The minimum atomic E-state index is -0.537. The average Bonchev–Trinajstić information content (AvgIpc) is 2.49. The number of hydrogen-bond acceptors (Lipinski definition) is 1. The zero-order valence-corrected chi connectivity index (χ0v) is 12.6. The molecular formula is C19H17ClO. The Morgan fingerprint density at radius 1 is 0.952 bits per heavy atom. The molecule has 0 bridgehead atoms. The van der Waals surface area contributed by atoms with Gasteiger partial charge in [-0.1, -0.05) is 60.1 Å². The fourth-order valence-electron chi connectivity index (χ4n) is 2.67. The predicted octanol–water partition coefficient (Wildman–Crippen LogP) is 5.08. The van der Waals surface area contributed by atoms with Crippen LogP contribution in [0.3, 0.4) is 0 Å². The molecule has 21 heavy (non-hydrogen) atoms. The van der Waals surface area contributed by atoms with Crippen molar-refractivity contribution in [2.24, 2.45) is 0 Å². The second kappa shape index (κ2) is 5.88. The Kier molecular flexibility index (Phi) is 3.96. The number of halogens is 1. The van der Waals surface area contributed by atoms with E-state index in [-0.39, 0.29) is 0 Å². The Morgan fingerprint density at radius 3 is 2.52 bits per heavy atom. The maximum absolute atomic E-state index is 10.5. The summed E-state index contributed by atoms with van der Waals surface area (Å²) >= 11 is 6.03. The lowest BCUT2D eigenvalue weighted by molar-refractivity contribution is 0.178. The summed E-state index contributed by atoms with van der Waals surface area (Å²) in [6, 6.07) is 20.2. The summed E-state index contributed by atoms with van der Waals surface area (Å²) < 4.78 is 0. The van der Waals surface area contributed by atoms with Gasteiger partial charge in [-0.25, -0.2) is 0 Å². The molecule has 2 heteroatoms. The van der Waals surface area contributed by atoms with Crippen molar-refractivity contribution < 1.29 is 5.11 Å². The maximum Gasteiger partial charge on any atom is 0.0833 e. The van der Waals surface area contributed by atoms with Gasteiger partial charge in [-0.3, -0.25) is 0 Å². The number of aliphatic hydroxyl groups excluding tert-OH is 1. The lowest BCUT2D eigenvalue weighted by Gasteiger charge is -2.14. The van der Waals surface area contributed by atoms with Gasteiger partial charge < -0.3 is 5.11 Å². The van der Waals surface area contributed by atoms with Crippen LogP contribution in [-0.4, -0.2) is 5.11 Å². The van der Waals surface area contributed by atoms with Crippen LogP contribution in [0.4, 0.5) is 0 Å². The van der Waals surface area contributed by atoms with E-state index in [2.05, 4.69) is 30.3 Å². The Bertz CT molecular complexity index is 779. The molecule has 3 rings (SSSR count). The van der Waals surface area contributed by atoms with Crippen molar-refractivity contribution in [1.29, 1.82) is 0 Å². The van der Waals surface area contributed by atoms with E-state index in [0.29, 0.717) is 11.4 Å². The first kappa shape index (κ1) is 14.1. The van der Waals surface area contributed by atoms with E-state index in [1.165, 1.54) is 10.8 Å². The van der Waals surface area contributed by atoms with Crippen molar-refractivity contribution >= 4 is 22.4 Å². The van der Waals surface area contributed by atoms with E-state index in [4.69, 9.17) is 11.6 Å². The van der Waals surface area contributed by atoms with Crippen molar-refractivity contribution in [3.63, 3.8) is 0 Å². The van der Waals surface area contributed by atoms with Crippen LogP contribution in [0.1, 0.15) is 22.8 Å². The molecule has 0 amide bonds. The van der Waals surface area contributed by atoms with Crippen molar-refractivity contribution in [3.05, 3.63) is 82.4 Å². The van der Waals surface area contributed by atoms with Crippen molar-refractivity contribution in [2.45, 2.75) is 19.4 Å². The minimum Gasteiger partial charge on any atom is -0.388 e. The van der Waals surface area contributed by atoms with Gasteiger partial charge in [-0.2, -0.15) is 0 Å². The number of aliphatic hydroxyl groups is 1. The summed E-state index contributed by atoms with van der Waals surface area (Å²) in [5.74, 6) is 0. The van der Waals surface area contributed by atoms with E-state index in [1.807, 2.05) is 37.3 Å². The highest BCUT2D eigenvalue weighted by atomic mass is 35.5. The lowest BCUT2D eigenvalue weighted by atomic mass is 9.96. The van der Waals surface area contributed by atoms with Crippen LogP contribution < -0.4 is 0 Å². The normalized spacial score (nSPS) is 12.5. The number of aryl methyl sites for hydroxylation is 1. The van der Waals surface area contributed by atoms with Gasteiger partial charge in [0.15, 0.2) is 0 Å². The third kappa shape index (κ3) is 3.10. The molecule has 0 fully saturated rings. The Hall–Kier alpha value is -1.83. The van der Waals surface area contributed by atoms with Crippen molar-refractivity contribution in [1.82, 2.24) is 0 Å². The van der Waals surface area contributed by atoms with Crippen LogP contribution in [0.25, 0.3) is 10.8 Å². The third-order valence-corrected chi connectivity index (χ3v) is 4.08. The Morgan fingerprint density at radius 2 is 1.71 bits per heavy atom. The first-order valence-electron chi connectivity index (χ1n) is 7.05. The van der Waals surface area contributed by atoms with Crippen molar-refractivity contribution in [2.75, 3.05) is 0 Å². The molecule has 1 nitrogen and oxygen atoms in total. The van der Waals surface area contributed by atoms with Gasteiger partial charge in [0.1, 0.15) is 0 Å². The van der Waals surface area contributed by atoms with Crippen LogP contribution in [0.5, 0.6) is 0 Å². The van der Waals surface area contributed by atoms with Crippen molar-refractivity contribution in [3.8, 4) is 0 Å². The van der Waals surface area contributed by atoms with Gasteiger partial charge in [0.25, 0.3) is 0 Å². The van der Waals surface area contributed by atoms with E-state index in [1.54, 1.807) is 0 Å². The van der Waals surface area contributed by atoms with Gasteiger partial charge in [-0.05, 0) is 46.5 Å². The predicted molar refractivity (Wildman–Crippen MR) is 88.8 cm³/mol. The standard InChI is InChI=1S/C19H17ClO/c1-13-6-9-17(20)12-18(13)19(21)11-14-7-8-15-4-2-3-5-16(15)10-14/h2-10,12,19,21H,11H2,1H3. The fraction of sp³-hybridized carbons (Fsp3) is 0.158. The zero-order chi connectivity index (χ0) is 14.8. The topological polar surface area (TPSA) is 20.2 Å². The van der Waals surface area contributed by atoms with Crippen LogP contribution in [0.15, 0.2) is 60.7 Å². The summed E-state index contributed by atoms with van der Waals surface area (Å²) in [6.45, 7) is 2.00. The fourth-order valence-corrected chi connectivity index (χ4v) is 2.85. The maximum atomic E-state index is 10.5. The third-order valence-electron chi connectivity index (χ3n) is 3.84. The summed E-state index contributed by atoms with van der Waals surface area (Å²) in [5, 5.41) is 13.6. The number of fused-ring (bicyclic) bond motifs is 1. The Balaban J connectivity index is 1.88. The van der Waals surface area contributed by atoms with Gasteiger partial charge in [0.2, 0.25) is 0 Å². The highest BCUT2D eigenvalue weighted by Crippen LogP contribution is 2.26. The molecule has 0 saturated carbocycles. The smallest absolute Gasteiger partial charge is 0.0833 e. The van der Waals surface area contributed by atoms with E-state index >= 15 is 0 Å². The molecule has 0 heterocycles. The van der Waals surface area contributed by atoms with Crippen LogP contribution in [0.2, 0.25) is 5.02 Å². The molecule has 0 radical (unpaired) electrons. The number of hydrogen-bond donors (Lipinski definition) is 1. The highest BCUT2D eigenvalue weighted by molar-refractivity contribution is 6.30. The monoisotopic (exact) mass is 296 g/mol. The lowest BCUT2D eigenvalue weighted by Crippen LogP contribution is -2.04. The summed E-state index contributed by atoms with van der Waals surface area (Å²) in [4.78, 5) is 0. The molecule has 0 spiro atoms. The molecule has 0 saturated heterocycles. The second-order valence-corrected chi connectivity index (χ2v) is 5.84. The van der Waals surface area contributed by atoms with Gasteiger partial charge in [0.05, 0.1) is 6.10 Å². The quantitative estimate of drug-likeness (QED) is 0.715. The molecule has 106 valence electrons. The molecule has 1 atom stereocenters. The van der Waals surface area contributed by atoms with Crippen LogP contribution in [-0.2, 0) is 6.42 Å². The molecule has 0 aliphatic rings. The Labute approximate surface area is 129 Å². The molecule has 1 N–H and O–H groups in total. The van der Waals surface area contributed by atoms with Gasteiger partial charge in [0, 0.05) is 11.4 Å². The highest BCUT2D eigenvalue weighted by Gasteiger charge is 2.12. The first-order chi connectivity index (χ1) is 10.1. The molecule has 0 aliphatic carbocycles. The van der Waals surface area contributed by atoms with E-state index < -0.39 is 6.10 Å². The molecule has 0 aliphatic heterocycles. The molecular weight excluding hydrogens is 280 g/mol. The molecule has 3 aromatic rings. The number of rotatable bonds is 3. The summed E-state index contributed by atoms with van der Waals surface area (Å²) in [5.41, 5.74) is 3.09. The average molecular weight is 297 g/mol. The van der Waals surface area contributed by atoms with Crippen LogP contribution >= 0.6 is 11.6 Å². The number of benzene rings is 3. The van der Waals surface area contributed by atoms with Crippen LogP contribution in [0, 0.1) is 6.92 Å². The first-order valence-corrected chi connectivity index (χ1v) is 7.43. The molecule has 0 aromatic heterocycles. The SMILES string of the molecule is Cc1ccc(Cl)cc1C(O)Cc1ccc2ccccc2c1. The van der Waals surface area contributed by atoms with Gasteiger partial charge >= 0.3 is 0 Å². The molecule has 3 aromatic carbocycles.